The average molecular weight is 292 g/mol. The number of nitrogens with zero attached hydrogens (tertiary/aromatic N) is 3. The van der Waals surface area contributed by atoms with Gasteiger partial charge < -0.3 is 15.4 Å². The summed E-state index contributed by atoms with van der Waals surface area (Å²) in [5.74, 6) is 0.990. The zero-order valence-corrected chi connectivity index (χ0v) is 13.5. The number of aromatic nitrogens is 1. The van der Waals surface area contributed by atoms with E-state index in [1.165, 1.54) is 12.0 Å². The van der Waals surface area contributed by atoms with Crippen LogP contribution in [0, 0.1) is 5.41 Å². The fourth-order valence-corrected chi connectivity index (χ4v) is 2.76. The van der Waals surface area contributed by atoms with Crippen molar-refractivity contribution in [1.29, 1.82) is 0 Å². The number of rotatable bonds is 7. The molecule has 1 atom stereocenters. The molecular formula is C16H28N4O. The molecule has 1 unspecified atom stereocenters. The molecule has 0 saturated carbocycles. The average Bonchev–Trinajstić information content (AvgIpc) is 2.87. The van der Waals surface area contributed by atoms with Gasteiger partial charge in [-0.2, -0.15) is 0 Å². The summed E-state index contributed by atoms with van der Waals surface area (Å²) in [6.45, 7) is 7.78. The Morgan fingerprint density at radius 3 is 2.86 bits per heavy atom. The van der Waals surface area contributed by atoms with Crippen molar-refractivity contribution in [3.05, 3.63) is 23.9 Å². The molecule has 118 valence electrons. The first kappa shape index (κ1) is 16.2. The molecule has 1 aliphatic rings. The lowest BCUT2D eigenvalue weighted by atomic mass is 9.90. The molecule has 0 bridgehead atoms. The Morgan fingerprint density at radius 2 is 2.29 bits per heavy atom. The number of ether oxygens (including phenoxy) is 1. The minimum atomic E-state index is 0.285. The topological polar surface area (TPSA) is 54.6 Å². The van der Waals surface area contributed by atoms with E-state index in [9.17, 15) is 0 Å². The van der Waals surface area contributed by atoms with Gasteiger partial charge in [0.15, 0.2) is 0 Å². The number of hydrogen-bond acceptors (Lipinski definition) is 5. The lowest BCUT2D eigenvalue weighted by Crippen LogP contribution is -2.31. The molecule has 21 heavy (non-hydrogen) atoms. The monoisotopic (exact) mass is 292 g/mol. The van der Waals surface area contributed by atoms with E-state index in [2.05, 4.69) is 33.8 Å². The fraction of sp³-hybridized carbons (Fsp3) is 0.688. The van der Waals surface area contributed by atoms with E-state index in [0.29, 0.717) is 6.61 Å². The number of pyridine rings is 1. The van der Waals surface area contributed by atoms with Crippen molar-refractivity contribution in [3.63, 3.8) is 0 Å². The normalized spacial score (nSPS) is 22.7. The standard InChI is InChI=1S/C16H28N4O/c1-16(12-17)6-7-20(13-16)11-14-4-5-15(18-10-14)19(2)8-9-21-3/h4-5,10H,6-9,11-13,17H2,1-3H3. The molecule has 2 N–H and O–H groups in total. The van der Waals surface area contributed by atoms with E-state index in [4.69, 9.17) is 10.5 Å². The van der Waals surface area contributed by atoms with Gasteiger partial charge >= 0.3 is 0 Å². The van der Waals surface area contributed by atoms with Crippen molar-refractivity contribution >= 4 is 5.82 Å². The smallest absolute Gasteiger partial charge is 0.128 e. The first-order valence-corrected chi connectivity index (χ1v) is 7.64. The SMILES string of the molecule is COCCN(C)c1ccc(CN2CCC(C)(CN)C2)cn1. The minimum Gasteiger partial charge on any atom is -0.383 e. The highest BCUT2D eigenvalue weighted by Gasteiger charge is 2.32. The van der Waals surface area contributed by atoms with Crippen LogP contribution in [0.25, 0.3) is 0 Å². The molecule has 5 nitrogen and oxygen atoms in total. The van der Waals surface area contributed by atoms with E-state index in [1.807, 2.05) is 13.2 Å². The maximum Gasteiger partial charge on any atom is 0.128 e. The minimum absolute atomic E-state index is 0.285. The molecule has 1 aromatic heterocycles. The van der Waals surface area contributed by atoms with Gasteiger partial charge in [0.25, 0.3) is 0 Å². The summed E-state index contributed by atoms with van der Waals surface area (Å²) in [5.41, 5.74) is 7.41. The van der Waals surface area contributed by atoms with Crippen LogP contribution in [0.15, 0.2) is 18.3 Å². The molecule has 0 aliphatic carbocycles. The highest BCUT2D eigenvalue weighted by Crippen LogP contribution is 2.29. The molecule has 5 heteroatoms. The van der Waals surface area contributed by atoms with Gasteiger partial charge in [0.1, 0.15) is 5.82 Å². The molecule has 2 rings (SSSR count). The van der Waals surface area contributed by atoms with Crippen LogP contribution in [0.4, 0.5) is 5.82 Å². The first-order chi connectivity index (χ1) is 10.1. The van der Waals surface area contributed by atoms with E-state index in [-0.39, 0.29) is 5.41 Å². The van der Waals surface area contributed by atoms with Crippen LogP contribution in [-0.2, 0) is 11.3 Å². The van der Waals surface area contributed by atoms with E-state index < -0.39 is 0 Å². The third-order valence-electron chi connectivity index (χ3n) is 4.37. The number of likely N-dealkylation sites (tertiary alicyclic amines) is 1. The van der Waals surface area contributed by atoms with Crippen molar-refractivity contribution < 1.29 is 4.74 Å². The summed E-state index contributed by atoms with van der Waals surface area (Å²) in [5, 5.41) is 0. The van der Waals surface area contributed by atoms with Crippen LogP contribution in [0.5, 0.6) is 0 Å². The van der Waals surface area contributed by atoms with E-state index >= 15 is 0 Å². The number of nitrogens with two attached hydrogens (primary N) is 1. The second-order valence-electron chi connectivity index (χ2n) is 6.41. The number of anilines is 1. The maximum absolute atomic E-state index is 5.86. The fourth-order valence-electron chi connectivity index (χ4n) is 2.76. The third-order valence-corrected chi connectivity index (χ3v) is 4.37. The quantitative estimate of drug-likeness (QED) is 0.822. The lowest BCUT2D eigenvalue weighted by molar-refractivity contribution is 0.206. The van der Waals surface area contributed by atoms with Crippen LogP contribution < -0.4 is 10.6 Å². The molecular weight excluding hydrogens is 264 g/mol. The van der Waals surface area contributed by atoms with Gasteiger partial charge in [-0.3, -0.25) is 4.90 Å². The van der Waals surface area contributed by atoms with Crippen molar-refractivity contribution in [2.45, 2.75) is 19.9 Å². The van der Waals surface area contributed by atoms with Crippen LogP contribution >= 0.6 is 0 Å². The summed E-state index contributed by atoms with van der Waals surface area (Å²) in [4.78, 5) is 9.13. The molecule has 2 heterocycles. The lowest BCUT2D eigenvalue weighted by Gasteiger charge is -2.23. The van der Waals surface area contributed by atoms with Crippen LogP contribution in [0.1, 0.15) is 18.9 Å². The second-order valence-corrected chi connectivity index (χ2v) is 6.41. The van der Waals surface area contributed by atoms with Gasteiger partial charge in [-0.25, -0.2) is 4.98 Å². The van der Waals surface area contributed by atoms with Gasteiger partial charge in [0.05, 0.1) is 6.61 Å². The van der Waals surface area contributed by atoms with Crippen molar-refractivity contribution in [2.75, 3.05) is 51.8 Å². The third kappa shape index (κ3) is 4.40. The van der Waals surface area contributed by atoms with Crippen LogP contribution in [0.3, 0.4) is 0 Å². The van der Waals surface area contributed by atoms with Crippen molar-refractivity contribution in [2.24, 2.45) is 11.1 Å². The maximum atomic E-state index is 5.86. The van der Waals surface area contributed by atoms with Crippen molar-refractivity contribution in [3.8, 4) is 0 Å². The van der Waals surface area contributed by atoms with Gasteiger partial charge in [-0.15, -0.1) is 0 Å². The largest absolute Gasteiger partial charge is 0.383 e. The summed E-state index contributed by atoms with van der Waals surface area (Å²) >= 11 is 0. The molecule has 1 aromatic rings. The zero-order chi connectivity index (χ0) is 15.3. The number of methoxy groups -OCH3 is 1. The molecule has 0 aromatic carbocycles. The Labute approximate surface area is 128 Å². The summed E-state index contributed by atoms with van der Waals surface area (Å²) in [7, 11) is 3.75. The highest BCUT2D eigenvalue weighted by molar-refractivity contribution is 5.38. The van der Waals surface area contributed by atoms with Crippen LogP contribution in [-0.4, -0.2) is 56.8 Å². The first-order valence-electron chi connectivity index (χ1n) is 7.64. The molecule has 1 fully saturated rings. The van der Waals surface area contributed by atoms with Gasteiger partial charge in [-0.1, -0.05) is 13.0 Å². The van der Waals surface area contributed by atoms with Crippen molar-refractivity contribution in [1.82, 2.24) is 9.88 Å². The van der Waals surface area contributed by atoms with Crippen LogP contribution in [0.2, 0.25) is 0 Å². The van der Waals surface area contributed by atoms with Gasteiger partial charge in [0.2, 0.25) is 0 Å². The number of hydrogen-bond donors (Lipinski definition) is 1. The predicted octanol–water partition coefficient (Wildman–Crippen LogP) is 1.33. The Kier molecular flexibility index (Phi) is 5.56. The van der Waals surface area contributed by atoms with E-state index in [1.54, 1.807) is 7.11 Å². The molecule has 0 spiro atoms. The Morgan fingerprint density at radius 1 is 1.48 bits per heavy atom. The molecule has 1 saturated heterocycles. The number of likely N-dealkylation sites (N-methyl/N-ethyl adjacent to an activating group) is 1. The molecule has 0 amide bonds. The second kappa shape index (κ2) is 7.20. The van der Waals surface area contributed by atoms with Gasteiger partial charge in [0, 0.05) is 40.0 Å². The van der Waals surface area contributed by atoms with E-state index in [0.717, 1.165) is 38.5 Å². The molecule has 1 aliphatic heterocycles. The molecule has 0 radical (unpaired) electrons. The summed E-state index contributed by atoms with van der Waals surface area (Å²) < 4.78 is 5.09. The predicted molar refractivity (Wildman–Crippen MR) is 86.4 cm³/mol. The zero-order valence-electron chi connectivity index (χ0n) is 13.5. The summed E-state index contributed by atoms with van der Waals surface area (Å²) in [6.07, 6.45) is 3.17. The Hall–Kier alpha value is -1.17. The van der Waals surface area contributed by atoms with Gasteiger partial charge in [-0.05, 0) is 36.6 Å². The summed E-state index contributed by atoms with van der Waals surface area (Å²) in [6, 6.07) is 4.26. The highest BCUT2D eigenvalue weighted by atomic mass is 16.5. The Balaban J connectivity index is 1.88. The Bertz CT molecular complexity index is 436.